The van der Waals surface area contributed by atoms with Crippen molar-refractivity contribution >= 4 is 25.6 Å². The van der Waals surface area contributed by atoms with Crippen molar-refractivity contribution in [1.82, 2.24) is 4.90 Å². The van der Waals surface area contributed by atoms with Crippen molar-refractivity contribution in [3.8, 4) is 5.06 Å². The van der Waals surface area contributed by atoms with E-state index in [1.807, 2.05) is 6.08 Å². The summed E-state index contributed by atoms with van der Waals surface area (Å²) in [5, 5.41) is 1.20. The standard InChI is InChI=1S/C24H32FNO2SSi/c1-24(2,3)30(4,5)28-21-13-18-14-26(12-11-20(18)29-21)23(16-9-10-16)19-8-6-7-17(15-27)22(19)25/h6-8,13,16,22-23H,9-12,14H2,1-5H3. The molecule has 3 nitrogen and oxygen atoms in total. The molecule has 2 unspecified atom stereocenters. The molecule has 0 bridgehead atoms. The molecule has 2 aliphatic carbocycles. The minimum absolute atomic E-state index is 0.0612. The smallest absolute Gasteiger partial charge is 0.251 e. The normalized spacial score (nSPS) is 23.6. The third-order valence-corrected chi connectivity index (χ3v) is 12.7. The lowest BCUT2D eigenvalue weighted by molar-refractivity contribution is 0.172. The van der Waals surface area contributed by atoms with Crippen LogP contribution in [0.25, 0.3) is 0 Å². The predicted octanol–water partition coefficient (Wildman–Crippen LogP) is 5.86. The van der Waals surface area contributed by atoms with Gasteiger partial charge in [-0.25, -0.2) is 9.18 Å². The van der Waals surface area contributed by atoms with Crippen LogP contribution in [-0.2, 0) is 17.8 Å². The second kappa shape index (κ2) is 7.90. The van der Waals surface area contributed by atoms with Crippen LogP contribution in [0, 0.1) is 5.92 Å². The van der Waals surface area contributed by atoms with Gasteiger partial charge in [-0.05, 0) is 66.6 Å². The molecule has 1 fully saturated rings. The monoisotopic (exact) mass is 445 g/mol. The zero-order valence-corrected chi connectivity index (χ0v) is 20.4. The van der Waals surface area contributed by atoms with Gasteiger partial charge in [-0.3, -0.25) is 4.90 Å². The Morgan fingerprint density at radius 1 is 1.33 bits per heavy atom. The van der Waals surface area contributed by atoms with Crippen LogP contribution in [0.2, 0.25) is 18.1 Å². The number of fused-ring (bicyclic) bond motifs is 1. The Balaban J connectivity index is 1.55. The number of alkyl halides is 1. The molecule has 0 spiro atoms. The molecular weight excluding hydrogens is 413 g/mol. The van der Waals surface area contributed by atoms with E-state index >= 15 is 4.39 Å². The van der Waals surface area contributed by atoms with E-state index < -0.39 is 14.5 Å². The van der Waals surface area contributed by atoms with Crippen molar-refractivity contribution in [3.05, 3.63) is 45.9 Å². The molecule has 162 valence electrons. The van der Waals surface area contributed by atoms with Gasteiger partial charge < -0.3 is 4.43 Å². The number of thiophene rings is 1. The van der Waals surface area contributed by atoms with Gasteiger partial charge in [-0.15, -0.1) is 11.3 Å². The molecule has 0 radical (unpaired) electrons. The summed E-state index contributed by atoms with van der Waals surface area (Å²) in [5.74, 6) is 2.27. The number of nitrogens with zero attached hydrogens (tertiary/aromatic N) is 1. The second-order valence-corrected chi connectivity index (χ2v) is 16.1. The maximum Gasteiger partial charge on any atom is 0.251 e. The Morgan fingerprint density at radius 2 is 2.07 bits per heavy atom. The first-order valence-electron chi connectivity index (χ1n) is 10.9. The quantitative estimate of drug-likeness (QED) is 0.420. The van der Waals surface area contributed by atoms with Crippen LogP contribution >= 0.6 is 11.3 Å². The van der Waals surface area contributed by atoms with Crippen LogP contribution in [0.1, 0.15) is 44.1 Å². The summed E-state index contributed by atoms with van der Waals surface area (Å²) in [5.41, 5.74) is 2.17. The lowest BCUT2D eigenvalue weighted by atomic mass is 9.88. The molecule has 0 N–H and O–H groups in total. The van der Waals surface area contributed by atoms with Gasteiger partial charge in [0, 0.05) is 24.0 Å². The summed E-state index contributed by atoms with van der Waals surface area (Å²) in [6.45, 7) is 13.1. The van der Waals surface area contributed by atoms with E-state index in [0.29, 0.717) is 5.92 Å². The van der Waals surface area contributed by atoms with Crippen LogP contribution in [0.15, 0.2) is 35.4 Å². The zero-order valence-electron chi connectivity index (χ0n) is 18.6. The summed E-state index contributed by atoms with van der Waals surface area (Å²) in [6.07, 6.45) is 7.12. The van der Waals surface area contributed by atoms with Gasteiger partial charge in [-0.2, -0.15) is 0 Å². The largest absolute Gasteiger partial charge is 0.537 e. The molecule has 6 heteroatoms. The Bertz CT molecular complexity index is 931. The summed E-state index contributed by atoms with van der Waals surface area (Å²) < 4.78 is 21.6. The van der Waals surface area contributed by atoms with Crippen LogP contribution in [0.5, 0.6) is 5.06 Å². The molecule has 1 aliphatic heterocycles. The molecule has 3 aliphatic rings. The molecular formula is C24H32FNO2SSi. The highest BCUT2D eigenvalue weighted by molar-refractivity contribution is 7.14. The molecule has 1 aromatic rings. The molecule has 0 aromatic carbocycles. The fraction of sp³-hybridized carbons (Fsp3) is 0.583. The number of carbonyl (C=O) groups excluding carboxylic acids is 1. The van der Waals surface area contributed by atoms with Crippen LogP contribution in [-0.4, -0.2) is 37.9 Å². The third kappa shape index (κ3) is 4.15. The highest BCUT2D eigenvalue weighted by atomic mass is 32.1. The average Bonchev–Trinajstić information content (AvgIpc) is 3.41. The van der Waals surface area contributed by atoms with E-state index in [9.17, 15) is 4.79 Å². The molecule has 2 atom stereocenters. The first kappa shape index (κ1) is 21.8. The van der Waals surface area contributed by atoms with Gasteiger partial charge in [0.15, 0.2) is 11.2 Å². The lowest BCUT2D eigenvalue weighted by Crippen LogP contribution is -2.43. The molecule has 1 aromatic heterocycles. The van der Waals surface area contributed by atoms with Crippen molar-refractivity contribution in [1.29, 1.82) is 0 Å². The first-order valence-corrected chi connectivity index (χ1v) is 14.6. The number of hydrogen-bond donors (Lipinski definition) is 0. The van der Waals surface area contributed by atoms with Crippen molar-refractivity contribution in [3.63, 3.8) is 0 Å². The zero-order chi connectivity index (χ0) is 21.7. The predicted molar refractivity (Wildman–Crippen MR) is 124 cm³/mol. The van der Waals surface area contributed by atoms with E-state index in [1.54, 1.807) is 29.4 Å². The molecule has 2 heterocycles. The van der Waals surface area contributed by atoms with Gasteiger partial charge in [0.25, 0.3) is 8.32 Å². The van der Waals surface area contributed by atoms with E-state index in [0.717, 1.165) is 43.0 Å². The number of rotatable bonds is 5. The SMILES string of the molecule is CC(C)(C)[Si](C)(C)Oc1cc2c(s1)CCN(C(C1=CC=CC(=C=O)C1F)C1CC1)C2. The van der Waals surface area contributed by atoms with Gasteiger partial charge in [-0.1, -0.05) is 32.9 Å². The molecule has 4 rings (SSSR count). The summed E-state index contributed by atoms with van der Waals surface area (Å²) in [6, 6.07) is 2.28. The van der Waals surface area contributed by atoms with Crippen molar-refractivity contribution in [2.45, 2.75) is 76.9 Å². The fourth-order valence-electron chi connectivity index (χ4n) is 4.16. The van der Waals surface area contributed by atoms with Crippen LogP contribution < -0.4 is 4.43 Å². The summed E-state index contributed by atoms with van der Waals surface area (Å²) in [4.78, 5) is 15.0. The highest BCUT2D eigenvalue weighted by Gasteiger charge is 2.43. The Hall–Kier alpha value is -1.46. The topological polar surface area (TPSA) is 29.5 Å². The summed E-state index contributed by atoms with van der Waals surface area (Å²) in [7, 11) is -1.86. The molecule has 30 heavy (non-hydrogen) atoms. The maximum atomic E-state index is 15.0. The van der Waals surface area contributed by atoms with Crippen molar-refractivity contribution < 1.29 is 13.6 Å². The van der Waals surface area contributed by atoms with Crippen molar-refractivity contribution in [2.75, 3.05) is 6.54 Å². The summed E-state index contributed by atoms with van der Waals surface area (Å²) >= 11 is 1.79. The Morgan fingerprint density at radius 3 is 2.70 bits per heavy atom. The van der Waals surface area contributed by atoms with Crippen molar-refractivity contribution in [2.24, 2.45) is 5.92 Å². The minimum Gasteiger partial charge on any atom is -0.537 e. The van der Waals surface area contributed by atoms with E-state index in [-0.39, 0.29) is 16.7 Å². The van der Waals surface area contributed by atoms with Gasteiger partial charge in [0.1, 0.15) is 5.94 Å². The minimum atomic E-state index is -1.86. The molecule has 0 amide bonds. The van der Waals surface area contributed by atoms with Crippen LogP contribution in [0.3, 0.4) is 0 Å². The third-order valence-electron chi connectivity index (χ3n) is 7.09. The van der Waals surface area contributed by atoms with E-state index in [2.05, 4.69) is 44.8 Å². The Kier molecular flexibility index (Phi) is 5.73. The number of halogens is 1. The number of allylic oxidation sites excluding steroid dienone is 4. The van der Waals surface area contributed by atoms with Gasteiger partial charge in [0.05, 0.1) is 5.57 Å². The lowest BCUT2D eigenvalue weighted by Gasteiger charge is -2.37. The second-order valence-electron chi connectivity index (χ2n) is 10.3. The van der Waals surface area contributed by atoms with E-state index in [4.69, 9.17) is 4.43 Å². The first-order chi connectivity index (χ1) is 14.1. The van der Waals surface area contributed by atoms with Gasteiger partial charge in [0.2, 0.25) is 0 Å². The fourth-order valence-corrected chi connectivity index (χ4v) is 6.71. The Labute approximate surface area is 184 Å². The number of hydrogen-bond acceptors (Lipinski definition) is 4. The van der Waals surface area contributed by atoms with Crippen LogP contribution in [0.4, 0.5) is 4.39 Å². The van der Waals surface area contributed by atoms with E-state index in [1.165, 1.54) is 10.4 Å². The van der Waals surface area contributed by atoms with Gasteiger partial charge >= 0.3 is 0 Å². The highest BCUT2D eigenvalue weighted by Crippen LogP contribution is 2.45. The average molecular weight is 446 g/mol. The molecule has 0 saturated heterocycles. The maximum absolute atomic E-state index is 15.0. The molecule has 1 saturated carbocycles.